The fourth-order valence-electron chi connectivity index (χ4n) is 1.50. The molecular weight excluding hydrogens is 173 g/mol. The van der Waals surface area contributed by atoms with Crippen molar-refractivity contribution in [2.75, 3.05) is 25.4 Å². The third-order valence-corrected chi connectivity index (χ3v) is 7.14. The van der Waals surface area contributed by atoms with Gasteiger partial charge in [0, 0.05) is 0 Å². The van der Waals surface area contributed by atoms with Crippen LogP contribution in [-0.2, 0) is 0 Å². The predicted octanol–water partition coefficient (Wildman–Crippen LogP) is 1.65. The van der Waals surface area contributed by atoms with Crippen molar-refractivity contribution in [3.05, 3.63) is 0 Å². The molecule has 0 rings (SSSR count). The van der Waals surface area contributed by atoms with E-state index in [0.717, 1.165) is 0 Å². The van der Waals surface area contributed by atoms with Crippen LogP contribution in [0.5, 0.6) is 0 Å². The van der Waals surface area contributed by atoms with Crippen LogP contribution in [-0.4, -0.2) is 39.9 Å². The molecule has 0 aliphatic rings. The Morgan fingerprint density at radius 1 is 0.917 bits per heavy atom. The molecule has 0 aromatic rings. The van der Waals surface area contributed by atoms with Crippen LogP contribution >= 0.6 is 7.21 Å². The van der Waals surface area contributed by atoms with Gasteiger partial charge in [-0.1, -0.05) is 0 Å². The first-order chi connectivity index (χ1) is 5.43. The molecule has 4 heteroatoms. The summed E-state index contributed by atoms with van der Waals surface area (Å²) in [6.07, 6.45) is 0.924. The van der Waals surface area contributed by atoms with Crippen LogP contribution in [0.3, 0.4) is 0 Å². The zero-order chi connectivity index (χ0) is 9.85. The van der Waals surface area contributed by atoms with Gasteiger partial charge in [0.05, 0.1) is 0 Å². The van der Waals surface area contributed by atoms with E-state index in [2.05, 4.69) is 0 Å². The van der Waals surface area contributed by atoms with Crippen molar-refractivity contribution in [3.8, 4) is 0 Å². The van der Waals surface area contributed by atoms with E-state index in [1.54, 1.807) is 0 Å². The molecule has 0 unspecified atom stereocenters. The molecular formula is C8H22NO2P. The van der Waals surface area contributed by atoms with Gasteiger partial charge in [-0.25, -0.2) is 0 Å². The molecule has 0 saturated carbocycles. The Balaban J connectivity index is 4.70. The molecule has 0 radical (unpaired) electrons. The summed E-state index contributed by atoms with van der Waals surface area (Å²) in [7, 11) is -3.46. The van der Waals surface area contributed by atoms with E-state index in [1.165, 1.54) is 0 Å². The maximum absolute atomic E-state index is 10.2. The van der Waals surface area contributed by atoms with Crippen molar-refractivity contribution in [1.29, 1.82) is 0 Å². The van der Waals surface area contributed by atoms with E-state index in [9.17, 15) is 9.79 Å². The van der Waals surface area contributed by atoms with E-state index in [4.69, 9.17) is 0 Å². The fourth-order valence-corrected chi connectivity index (χ4v) is 4.05. The third-order valence-electron chi connectivity index (χ3n) is 2.68. The summed E-state index contributed by atoms with van der Waals surface area (Å²) in [6.45, 7) is 9.04. The van der Waals surface area contributed by atoms with Crippen molar-refractivity contribution in [2.24, 2.45) is 0 Å². The van der Waals surface area contributed by atoms with Crippen LogP contribution in [0, 0.1) is 0 Å². The number of nitrogens with zero attached hydrogens (tertiary/aromatic N) is 1. The van der Waals surface area contributed by atoms with Crippen molar-refractivity contribution >= 4 is 7.21 Å². The molecule has 2 N–H and O–H groups in total. The SMILES string of the molecule is CCN(CC)P(O)(O)(CC)CC. The summed E-state index contributed by atoms with van der Waals surface area (Å²) < 4.78 is 1.81. The van der Waals surface area contributed by atoms with E-state index < -0.39 is 7.21 Å². The van der Waals surface area contributed by atoms with Gasteiger partial charge in [-0.2, -0.15) is 0 Å². The van der Waals surface area contributed by atoms with Crippen LogP contribution in [0.2, 0.25) is 0 Å². The Hall–Kier alpha value is 0.310. The van der Waals surface area contributed by atoms with Crippen LogP contribution < -0.4 is 0 Å². The monoisotopic (exact) mass is 195 g/mol. The van der Waals surface area contributed by atoms with Crippen molar-refractivity contribution in [1.82, 2.24) is 4.67 Å². The van der Waals surface area contributed by atoms with Crippen molar-refractivity contribution in [2.45, 2.75) is 27.7 Å². The molecule has 0 aliphatic carbocycles. The van der Waals surface area contributed by atoms with E-state index in [-0.39, 0.29) is 0 Å². The first kappa shape index (κ1) is 12.3. The first-order valence-electron chi connectivity index (χ1n) is 4.69. The minimum atomic E-state index is -3.46. The zero-order valence-electron chi connectivity index (χ0n) is 8.62. The molecule has 0 saturated heterocycles. The van der Waals surface area contributed by atoms with Gasteiger partial charge >= 0.3 is 74.8 Å². The molecule has 0 heterocycles. The van der Waals surface area contributed by atoms with E-state index >= 15 is 0 Å². The molecule has 0 aromatic carbocycles. The first-order valence-corrected chi connectivity index (χ1v) is 7.16. The molecule has 0 aliphatic heterocycles. The van der Waals surface area contributed by atoms with Gasteiger partial charge in [0.2, 0.25) is 0 Å². The van der Waals surface area contributed by atoms with Crippen LogP contribution in [0.1, 0.15) is 27.7 Å². The minimum absolute atomic E-state index is 0.462. The quantitative estimate of drug-likeness (QED) is 0.655. The molecule has 76 valence electrons. The molecule has 0 fully saturated rings. The Morgan fingerprint density at radius 2 is 1.25 bits per heavy atom. The van der Waals surface area contributed by atoms with Crippen LogP contribution in [0.4, 0.5) is 0 Å². The van der Waals surface area contributed by atoms with Gasteiger partial charge in [0.15, 0.2) is 0 Å². The summed E-state index contributed by atoms with van der Waals surface area (Å²) in [6, 6.07) is 0. The molecule has 12 heavy (non-hydrogen) atoms. The molecule has 0 bridgehead atoms. The summed E-state index contributed by atoms with van der Waals surface area (Å²) in [5.74, 6) is 0. The Labute approximate surface area is 75.5 Å². The van der Waals surface area contributed by atoms with Crippen LogP contribution in [0.25, 0.3) is 0 Å². The normalized spacial score (nSPS) is 16.1. The van der Waals surface area contributed by atoms with Gasteiger partial charge in [-0.3, -0.25) is 0 Å². The van der Waals surface area contributed by atoms with Crippen molar-refractivity contribution in [3.63, 3.8) is 0 Å². The number of rotatable bonds is 5. The Bertz CT molecular complexity index is 138. The van der Waals surface area contributed by atoms with Gasteiger partial charge < -0.3 is 0 Å². The standard InChI is InChI=1S/C8H22NO2P/c1-5-9(6-2)12(10,11,7-3)8-4/h10-11H,5-8H2,1-4H3. The Morgan fingerprint density at radius 3 is 1.33 bits per heavy atom. The summed E-state index contributed by atoms with van der Waals surface area (Å²) >= 11 is 0. The molecule has 3 nitrogen and oxygen atoms in total. The second-order valence-corrected chi connectivity index (χ2v) is 7.62. The maximum atomic E-state index is 10.2. The molecule has 0 aromatic heterocycles. The summed E-state index contributed by atoms with van der Waals surface area (Å²) in [5.41, 5.74) is 0. The molecule has 0 amide bonds. The number of hydrogen-bond acceptors (Lipinski definition) is 3. The third kappa shape index (κ3) is 2.17. The molecule has 0 spiro atoms. The van der Waals surface area contributed by atoms with Crippen LogP contribution in [0.15, 0.2) is 0 Å². The van der Waals surface area contributed by atoms with Gasteiger partial charge in [0.1, 0.15) is 0 Å². The van der Waals surface area contributed by atoms with E-state index in [0.29, 0.717) is 25.4 Å². The predicted molar refractivity (Wildman–Crippen MR) is 55.4 cm³/mol. The summed E-state index contributed by atoms with van der Waals surface area (Å²) in [5, 5.41) is 0. The topological polar surface area (TPSA) is 43.7 Å². The molecule has 0 atom stereocenters. The second-order valence-electron chi connectivity index (χ2n) is 3.11. The van der Waals surface area contributed by atoms with E-state index in [1.807, 2.05) is 32.4 Å². The fraction of sp³-hybridized carbons (Fsp3) is 1.00. The zero-order valence-corrected chi connectivity index (χ0v) is 9.51. The average Bonchev–Trinajstić information content (AvgIpc) is 2.07. The Kier molecular flexibility index (Phi) is 4.12. The number of hydrogen-bond donors (Lipinski definition) is 2. The van der Waals surface area contributed by atoms with Gasteiger partial charge in [-0.15, -0.1) is 0 Å². The average molecular weight is 195 g/mol. The van der Waals surface area contributed by atoms with Gasteiger partial charge in [0.25, 0.3) is 0 Å². The van der Waals surface area contributed by atoms with Crippen molar-refractivity contribution < 1.29 is 9.79 Å². The van der Waals surface area contributed by atoms with Gasteiger partial charge in [-0.05, 0) is 0 Å². The summed E-state index contributed by atoms with van der Waals surface area (Å²) in [4.78, 5) is 20.3. The second kappa shape index (κ2) is 4.01.